The van der Waals surface area contributed by atoms with Gasteiger partial charge < -0.3 is 15.8 Å². The lowest BCUT2D eigenvalue weighted by Gasteiger charge is -2.08. The molecule has 0 amide bonds. The summed E-state index contributed by atoms with van der Waals surface area (Å²) in [6.45, 7) is 5.38. The van der Waals surface area contributed by atoms with Gasteiger partial charge in [0, 0.05) is 18.8 Å². The molecule has 0 aliphatic carbocycles. The van der Waals surface area contributed by atoms with Crippen LogP contribution in [0.25, 0.3) is 0 Å². The maximum absolute atomic E-state index is 8.81. The van der Waals surface area contributed by atoms with Crippen LogP contribution in [-0.2, 0) is 4.79 Å². The number of aromatic nitrogens is 1. The highest BCUT2D eigenvalue weighted by Gasteiger charge is 2.02. The molecule has 1 heterocycles. The number of rotatable bonds is 2. The Hall–Kier alpha value is -1.42. The number of carbonyl (C=O) groups is 1. The third-order valence-electron chi connectivity index (χ3n) is 1.76. The van der Waals surface area contributed by atoms with Gasteiger partial charge in [-0.25, -0.2) is 4.98 Å². The van der Waals surface area contributed by atoms with E-state index in [1.165, 1.54) is 6.92 Å². The van der Waals surface area contributed by atoms with Gasteiger partial charge in [-0.05, 0) is 38.5 Å². The molecule has 0 radical (unpaired) electrons. The highest BCUT2D eigenvalue weighted by atomic mass is 16.1. The van der Waals surface area contributed by atoms with E-state index in [2.05, 4.69) is 10.3 Å². The molecule has 1 aromatic heterocycles. The molecule has 1 rings (SSSR count). The normalized spacial score (nSPS) is 11.0. The van der Waals surface area contributed by atoms with Gasteiger partial charge in [0.05, 0.1) is 0 Å². The number of nitrogens with one attached hydrogen (secondary N) is 1. The minimum absolute atomic E-state index is 0.0683. The first-order valence-corrected chi connectivity index (χ1v) is 4.86. The van der Waals surface area contributed by atoms with E-state index < -0.39 is 0 Å². The van der Waals surface area contributed by atoms with Crippen LogP contribution in [0.15, 0.2) is 12.1 Å². The third kappa shape index (κ3) is 5.12. The number of aldehydes is 1. The molecule has 0 saturated heterocycles. The van der Waals surface area contributed by atoms with Crippen molar-refractivity contribution in [3.05, 3.63) is 23.4 Å². The molecule has 0 bridgehead atoms. The molecule has 1 aromatic rings. The smallest absolute Gasteiger partial charge is 0.126 e. The number of hydrogen-bond acceptors (Lipinski definition) is 4. The summed E-state index contributed by atoms with van der Waals surface area (Å²) in [5.41, 5.74) is 7.86. The van der Waals surface area contributed by atoms with Gasteiger partial charge in [-0.1, -0.05) is 0 Å². The van der Waals surface area contributed by atoms with E-state index in [1.54, 1.807) is 0 Å². The standard InChI is InChI=1S/C9H15N3.C2H4O/c1-6-4-8(7(2)10)5-9(11-3)12-6;1-2-3/h4-5,7H,10H2,1-3H3,(H,11,12);2H,1H3. The van der Waals surface area contributed by atoms with Crippen molar-refractivity contribution in [1.29, 1.82) is 0 Å². The van der Waals surface area contributed by atoms with E-state index in [-0.39, 0.29) is 6.04 Å². The van der Waals surface area contributed by atoms with Crippen molar-refractivity contribution in [2.75, 3.05) is 12.4 Å². The summed E-state index contributed by atoms with van der Waals surface area (Å²) >= 11 is 0. The quantitative estimate of drug-likeness (QED) is 0.727. The Morgan fingerprint density at radius 2 is 2.07 bits per heavy atom. The lowest BCUT2D eigenvalue weighted by Crippen LogP contribution is -2.07. The summed E-state index contributed by atoms with van der Waals surface area (Å²) in [4.78, 5) is 13.1. The van der Waals surface area contributed by atoms with Gasteiger partial charge in [-0.2, -0.15) is 0 Å². The average Bonchev–Trinajstić information content (AvgIpc) is 2.18. The summed E-state index contributed by atoms with van der Waals surface area (Å²) < 4.78 is 0. The van der Waals surface area contributed by atoms with Crippen molar-refractivity contribution in [1.82, 2.24) is 4.98 Å². The highest BCUT2D eigenvalue weighted by molar-refractivity contribution is 5.44. The van der Waals surface area contributed by atoms with Crippen LogP contribution in [0.4, 0.5) is 5.82 Å². The van der Waals surface area contributed by atoms with Crippen LogP contribution in [0, 0.1) is 6.92 Å². The van der Waals surface area contributed by atoms with Crippen molar-refractivity contribution < 1.29 is 4.79 Å². The molecular weight excluding hydrogens is 190 g/mol. The van der Waals surface area contributed by atoms with E-state index in [9.17, 15) is 0 Å². The van der Waals surface area contributed by atoms with Crippen LogP contribution >= 0.6 is 0 Å². The minimum atomic E-state index is 0.0683. The number of anilines is 1. The first-order valence-electron chi connectivity index (χ1n) is 4.86. The van der Waals surface area contributed by atoms with Gasteiger partial charge >= 0.3 is 0 Å². The summed E-state index contributed by atoms with van der Waals surface area (Å²) in [6, 6.07) is 4.04. The average molecular weight is 209 g/mol. The number of aryl methyl sites for hydroxylation is 1. The van der Waals surface area contributed by atoms with E-state index in [0.717, 1.165) is 23.4 Å². The Balaban J connectivity index is 0.000000583. The van der Waals surface area contributed by atoms with Crippen LogP contribution in [0.3, 0.4) is 0 Å². The molecular formula is C11H19N3O. The Morgan fingerprint density at radius 1 is 1.53 bits per heavy atom. The first-order chi connectivity index (χ1) is 7.04. The number of nitrogens with zero attached hydrogens (tertiary/aromatic N) is 1. The second kappa shape index (κ2) is 6.95. The number of hydrogen-bond donors (Lipinski definition) is 2. The van der Waals surface area contributed by atoms with Gasteiger partial charge in [-0.3, -0.25) is 0 Å². The molecule has 0 aromatic carbocycles. The SMILES string of the molecule is CC=O.CNc1cc(C(C)N)cc(C)n1. The van der Waals surface area contributed by atoms with Crippen molar-refractivity contribution in [3.8, 4) is 0 Å². The zero-order chi connectivity index (χ0) is 11.8. The lowest BCUT2D eigenvalue weighted by atomic mass is 10.1. The summed E-state index contributed by atoms with van der Waals surface area (Å²) in [5.74, 6) is 0.877. The molecule has 4 nitrogen and oxygen atoms in total. The molecule has 1 atom stereocenters. The first kappa shape index (κ1) is 13.6. The van der Waals surface area contributed by atoms with Gasteiger partial charge in [0.1, 0.15) is 12.1 Å². The van der Waals surface area contributed by atoms with Crippen molar-refractivity contribution >= 4 is 12.1 Å². The Kier molecular flexibility index (Phi) is 6.29. The molecule has 84 valence electrons. The van der Waals surface area contributed by atoms with Crippen molar-refractivity contribution in [3.63, 3.8) is 0 Å². The summed E-state index contributed by atoms with van der Waals surface area (Å²) in [6.07, 6.45) is 0.750. The topological polar surface area (TPSA) is 68.0 Å². The summed E-state index contributed by atoms with van der Waals surface area (Å²) in [5, 5.41) is 3.00. The van der Waals surface area contributed by atoms with Gasteiger partial charge in [0.15, 0.2) is 0 Å². The number of carbonyl (C=O) groups excluding carboxylic acids is 1. The maximum atomic E-state index is 8.81. The fourth-order valence-corrected chi connectivity index (χ4v) is 1.09. The van der Waals surface area contributed by atoms with Crippen LogP contribution in [0.1, 0.15) is 31.1 Å². The molecule has 0 fully saturated rings. The van der Waals surface area contributed by atoms with Gasteiger partial charge in [0.25, 0.3) is 0 Å². The highest BCUT2D eigenvalue weighted by Crippen LogP contribution is 2.14. The van der Waals surface area contributed by atoms with Crippen LogP contribution in [-0.4, -0.2) is 18.3 Å². The van der Waals surface area contributed by atoms with Crippen molar-refractivity contribution in [2.45, 2.75) is 26.8 Å². The van der Waals surface area contributed by atoms with E-state index in [0.29, 0.717) is 0 Å². The molecule has 3 N–H and O–H groups in total. The van der Waals surface area contributed by atoms with Gasteiger partial charge in [0.2, 0.25) is 0 Å². The number of nitrogens with two attached hydrogens (primary N) is 1. The van der Waals surface area contributed by atoms with Gasteiger partial charge in [-0.15, -0.1) is 0 Å². The second-order valence-corrected chi connectivity index (χ2v) is 3.20. The second-order valence-electron chi connectivity index (χ2n) is 3.20. The molecule has 1 unspecified atom stereocenters. The lowest BCUT2D eigenvalue weighted by molar-refractivity contribution is -0.106. The molecule has 15 heavy (non-hydrogen) atoms. The third-order valence-corrected chi connectivity index (χ3v) is 1.76. The maximum Gasteiger partial charge on any atom is 0.126 e. The molecule has 0 spiro atoms. The van der Waals surface area contributed by atoms with E-state index >= 15 is 0 Å². The Labute approximate surface area is 90.9 Å². The zero-order valence-electron chi connectivity index (χ0n) is 9.74. The molecule has 0 aliphatic heterocycles. The van der Waals surface area contributed by atoms with Crippen LogP contribution < -0.4 is 11.1 Å². The predicted octanol–water partition coefficient (Wildman–Crippen LogP) is 1.66. The van der Waals surface area contributed by atoms with Crippen LogP contribution in [0.5, 0.6) is 0 Å². The predicted molar refractivity (Wildman–Crippen MR) is 62.9 cm³/mol. The fraction of sp³-hybridized carbons (Fsp3) is 0.455. The van der Waals surface area contributed by atoms with E-state index in [1.807, 2.05) is 33.0 Å². The number of pyridine rings is 1. The summed E-state index contributed by atoms with van der Waals surface area (Å²) in [7, 11) is 1.85. The Morgan fingerprint density at radius 3 is 2.47 bits per heavy atom. The molecule has 4 heteroatoms. The van der Waals surface area contributed by atoms with Crippen LogP contribution in [0.2, 0.25) is 0 Å². The fourth-order valence-electron chi connectivity index (χ4n) is 1.09. The van der Waals surface area contributed by atoms with Crippen molar-refractivity contribution in [2.24, 2.45) is 5.73 Å². The largest absolute Gasteiger partial charge is 0.373 e. The molecule has 0 saturated carbocycles. The minimum Gasteiger partial charge on any atom is -0.373 e. The molecule has 0 aliphatic rings. The van der Waals surface area contributed by atoms with E-state index in [4.69, 9.17) is 10.5 Å². The zero-order valence-corrected chi connectivity index (χ0v) is 9.74. The Bertz CT molecular complexity index is 311. The monoisotopic (exact) mass is 209 g/mol.